The molecule has 1 amide bonds. The van der Waals surface area contributed by atoms with Crippen LogP contribution in [0.5, 0.6) is 0 Å². The zero-order valence-corrected chi connectivity index (χ0v) is 9.89. The van der Waals surface area contributed by atoms with Gasteiger partial charge in [0, 0.05) is 18.2 Å². The van der Waals surface area contributed by atoms with Crippen molar-refractivity contribution in [3.8, 4) is 0 Å². The minimum atomic E-state index is -0.880. The second-order valence-corrected chi connectivity index (χ2v) is 3.70. The van der Waals surface area contributed by atoms with E-state index in [1.807, 2.05) is 6.92 Å². The Morgan fingerprint density at radius 2 is 2.12 bits per heavy atom. The number of carbonyl (C=O) groups is 1. The van der Waals surface area contributed by atoms with Crippen molar-refractivity contribution in [2.75, 3.05) is 13.1 Å². The zero-order valence-electron chi connectivity index (χ0n) is 9.89. The van der Waals surface area contributed by atoms with E-state index in [9.17, 15) is 13.6 Å². The molecule has 1 atom stereocenters. The van der Waals surface area contributed by atoms with E-state index in [2.05, 4.69) is 10.6 Å². The lowest BCUT2D eigenvalue weighted by Gasteiger charge is -2.14. The number of hydrogen-bond donors (Lipinski definition) is 2. The van der Waals surface area contributed by atoms with Crippen LogP contribution in [0.15, 0.2) is 18.2 Å². The molecule has 1 aromatic rings. The summed E-state index contributed by atoms with van der Waals surface area (Å²) in [7, 11) is 0. The predicted molar refractivity (Wildman–Crippen MR) is 61.5 cm³/mol. The average Bonchev–Trinajstić information content (AvgIpc) is 2.30. The Hall–Kier alpha value is -1.49. The number of nitrogens with one attached hydrogen (secondary N) is 2. The predicted octanol–water partition coefficient (Wildman–Crippen LogP) is 1.75. The highest BCUT2D eigenvalue weighted by Crippen LogP contribution is 2.18. The van der Waals surface area contributed by atoms with Crippen LogP contribution in [0, 0.1) is 11.6 Å². The third-order valence-electron chi connectivity index (χ3n) is 2.39. The van der Waals surface area contributed by atoms with Crippen molar-refractivity contribution in [2.24, 2.45) is 0 Å². The first-order valence-electron chi connectivity index (χ1n) is 5.50. The first-order valence-corrected chi connectivity index (χ1v) is 5.50. The normalized spacial score (nSPS) is 12.2. The van der Waals surface area contributed by atoms with Crippen molar-refractivity contribution < 1.29 is 13.6 Å². The topological polar surface area (TPSA) is 41.1 Å². The number of carbonyl (C=O) groups excluding carboxylic acids is 1. The maximum atomic E-state index is 13.4. The van der Waals surface area contributed by atoms with Gasteiger partial charge in [-0.2, -0.15) is 0 Å². The molecule has 2 N–H and O–H groups in total. The van der Waals surface area contributed by atoms with Crippen LogP contribution in [0.1, 0.15) is 25.5 Å². The van der Waals surface area contributed by atoms with Gasteiger partial charge in [0.1, 0.15) is 0 Å². The Morgan fingerprint density at radius 1 is 1.41 bits per heavy atom. The molecule has 17 heavy (non-hydrogen) atoms. The quantitative estimate of drug-likeness (QED) is 0.826. The maximum Gasteiger partial charge on any atom is 0.233 e. The highest BCUT2D eigenvalue weighted by molar-refractivity contribution is 5.77. The van der Waals surface area contributed by atoms with E-state index < -0.39 is 17.7 Å². The molecule has 5 heteroatoms. The van der Waals surface area contributed by atoms with Crippen molar-refractivity contribution in [1.29, 1.82) is 0 Å². The van der Waals surface area contributed by atoms with Gasteiger partial charge in [0.25, 0.3) is 0 Å². The largest absolute Gasteiger partial charge is 0.355 e. The summed E-state index contributed by atoms with van der Waals surface area (Å²) in [6.45, 7) is 4.11. The van der Waals surface area contributed by atoms with Crippen LogP contribution in [0.4, 0.5) is 8.78 Å². The second kappa shape index (κ2) is 6.30. The summed E-state index contributed by atoms with van der Waals surface area (Å²) >= 11 is 0. The molecule has 0 heterocycles. The molecule has 1 unspecified atom stereocenters. The van der Waals surface area contributed by atoms with E-state index in [0.29, 0.717) is 6.54 Å². The first-order chi connectivity index (χ1) is 8.06. The molecule has 1 rings (SSSR count). The van der Waals surface area contributed by atoms with Crippen molar-refractivity contribution in [3.63, 3.8) is 0 Å². The molecule has 94 valence electrons. The molecule has 0 fully saturated rings. The highest BCUT2D eigenvalue weighted by atomic mass is 19.2. The van der Waals surface area contributed by atoms with Gasteiger partial charge in [0.2, 0.25) is 5.91 Å². The minimum Gasteiger partial charge on any atom is -0.355 e. The molecule has 0 radical (unpaired) electrons. The van der Waals surface area contributed by atoms with Gasteiger partial charge in [-0.05, 0) is 19.9 Å². The lowest BCUT2D eigenvalue weighted by atomic mass is 10.1. The summed E-state index contributed by atoms with van der Waals surface area (Å²) in [4.78, 5) is 11.2. The van der Waals surface area contributed by atoms with Gasteiger partial charge in [-0.1, -0.05) is 12.1 Å². The molecule has 0 spiro atoms. The van der Waals surface area contributed by atoms with Gasteiger partial charge in [0.15, 0.2) is 11.6 Å². The van der Waals surface area contributed by atoms with Gasteiger partial charge in [-0.25, -0.2) is 8.78 Å². The average molecular weight is 242 g/mol. The lowest BCUT2D eigenvalue weighted by molar-refractivity contribution is -0.120. The van der Waals surface area contributed by atoms with E-state index in [0.717, 1.165) is 6.07 Å². The molecule has 3 nitrogen and oxygen atoms in total. The molecular weight excluding hydrogens is 226 g/mol. The Morgan fingerprint density at radius 3 is 2.76 bits per heavy atom. The number of benzene rings is 1. The first kappa shape index (κ1) is 13.6. The van der Waals surface area contributed by atoms with Crippen molar-refractivity contribution in [3.05, 3.63) is 35.4 Å². The third kappa shape index (κ3) is 3.78. The Labute approximate surface area is 99.2 Å². The van der Waals surface area contributed by atoms with Gasteiger partial charge in [-0.15, -0.1) is 0 Å². The Balaban J connectivity index is 2.61. The maximum absolute atomic E-state index is 13.4. The summed E-state index contributed by atoms with van der Waals surface area (Å²) < 4.78 is 26.4. The SMILES string of the molecule is CCNC(=O)CNC(C)c1cccc(F)c1F. The molecular formula is C12H16F2N2O. The van der Waals surface area contributed by atoms with E-state index in [1.54, 1.807) is 6.92 Å². The molecule has 0 aliphatic rings. The molecule has 0 aliphatic carbocycles. The summed E-state index contributed by atoms with van der Waals surface area (Å²) in [5.74, 6) is -1.92. The summed E-state index contributed by atoms with van der Waals surface area (Å²) in [5.41, 5.74) is 0.217. The number of amides is 1. The molecule has 0 aromatic heterocycles. The molecule has 0 aliphatic heterocycles. The van der Waals surface area contributed by atoms with Crippen LogP contribution in [-0.4, -0.2) is 19.0 Å². The lowest BCUT2D eigenvalue weighted by Crippen LogP contribution is -2.35. The van der Waals surface area contributed by atoms with E-state index in [-0.39, 0.29) is 18.0 Å². The third-order valence-corrected chi connectivity index (χ3v) is 2.39. The summed E-state index contributed by atoms with van der Waals surface area (Å²) in [6, 6.07) is 3.58. The number of halogens is 2. The smallest absolute Gasteiger partial charge is 0.233 e. The molecule has 1 aromatic carbocycles. The fourth-order valence-corrected chi connectivity index (χ4v) is 1.47. The van der Waals surface area contributed by atoms with Crippen LogP contribution in [0.3, 0.4) is 0 Å². The second-order valence-electron chi connectivity index (χ2n) is 3.70. The monoisotopic (exact) mass is 242 g/mol. The van der Waals surface area contributed by atoms with Crippen molar-refractivity contribution >= 4 is 5.91 Å². The van der Waals surface area contributed by atoms with E-state index >= 15 is 0 Å². The van der Waals surface area contributed by atoms with Crippen LogP contribution in [-0.2, 0) is 4.79 Å². The van der Waals surface area contributed by atoms with Gasteiger partial charge >= 0.3 is 0 Å². The standard InChI is InChI=1S/C12H16F2N2O/c1-3-15-11(17)7-16-8(2)9-5-4-6-10(13)12(9)14/h4-6,8,16H,3,7H2,1-2H3,(H,15,17). The van der Waals surface area contributed by atoms with E-state index in [1.165, 1.54) is 12.1 Å². The van der Waals surface area contributed by atoms with Crippen LogP contribution in [0.25, 0.3) is 0 Å². The van der Waals surface area contributed by atoms with E-state index in [4.69, 9.17) is 0 Å². The van der Waals surface area contributed by atoms with Gasteiger partial charge < -0.3 is 10.6 Å². The highest BCUT2D eigenvalue weighted by Gasteiger charge is 2.14. The minimum absolute atomic E-state index is 0.0744. The number of likely N-dealkylation sites (N-methyl/N-ethyl adjacent to an activating group) is 1. The van der Waals surface area contributed by atoms with Crippen molar-refractivity contribution in [2.45, 2.75) is 19.9 Å². The van der Waals surface area contributed by atoms with Crippen LogP contribution < -0.4 is 10.6 Å². The summed E-state index contributed by atoms with van der Waals surface area (Å²) in [6.07, 6.45) is 0. The number of hydrogen-bond acceptors (Lipinski definition) is 2. The van der Waals surface area contributed by atoms with Gasteiger partial charge in [0.05, 0.1) is 6.54 Å². The van der Waals surface area contributed by atoms with Crippen molar-refractivity contribution in [1.82, 2.24) is 10.6 Å². The van der Waals surface area contributed by atoms with Gasteiger partial charge in [-0.3, -0.25) is 4.79 Å². The Bertz CT molecular complexity index is 396. The van der Waals surface area contributed by atoms with Crippen LogP contribution in [0.2, 0.25) is 0 Å². The summed E-state index contributed by atoms with van der Waals surface area (Å²) in [5, 5.41) is 5.44. The fourth-order valence-electron chi connectivity index (χ4n) is 1.47. The zero-order chi connectivity index (χ0) is 12.8. The van der Waals surface area contributed by atoms with Crippen LogP contribution >= 0.6 is 0 Å². The molecule has 0 saturated heterocycles. The Kier molecular flexibility index (Phi) is 5.03. The molecule has 0 bridgehead atoms. The number of rotatable bonds is 5. The molecule has 0 saturated carbocycles. The fraction of sp³-hybridized carbons (Fsp3) is 0.417.